The Morgan fingerprint density at radius 1 is 0.657 bits per heavy atom. The molecule has 8 aliphatic rings. The first kappa shape index (κ1) is 76.5. The number of rotatable bonds is 12. The minimum absolute atomic E-state index is 0.0690. The van der Waals surface area contributed by atoms with Crippen LogP contribution >= 0.6 is 11.6 Å². The van der Waals surface area contributed by atoms with Crippen molar-refractivity contribution in [2.45, 2.75) is 181 Å². The van der Waals surface area contributed by atoms with Gasteiger partial charge in [0.05, 0.1) is 36.4 Å². The number of aromatic hydroxyl groups is 3. The SMILES string of the molecule is CCC(=O)N[C@H]1C(=O)N[C@@H](CC(N)=O)C(=O)N[C@H]2C(=O)N[C@H]3C(=O)N[C@H](C(=O)N[C@H](C(=O)O)c4cc(O)cc(O)c4-c4cc3ccc4O)[C@H](O[C@H]3C[C@](C)(N)[C@@H](O)[C@H](C)O3)c3ccc(cc3)Oc3cc2cc(c3O[C@@H]2O[C@H](CO)[C@@H](O)[C@H](O)[C@H]2O[C@@H]2O[C@@H](C)[C@H](O)[C@@H](O)[C@H]2O)Oc2ccc(cc2Cl)[C@H]1O. The molecule has 0 saturated carbocycles. The molecule has 5 aromatic carbocycles. The zero-order valence-electron chi connectivity index (χ0n) is 56.0. The number of nitrogens with one attached hydrogen (secondary N) is 6. The molecule has 0 spiro atoms. The van der Waals surface area contributed by atoms with Crippen LogP contribution in [-0.2, 0) is 62.0 Å². The number of aliphatic hydroxyl groups excluding tert-OH is 8. The van der Waals surface area contributed by atoms with E-state index in [4.69, 9.17) is 61.0 Å². The van der Waals surface area contributed by atoms with Gasteiger partial charge in [-0.15, -0.1) is 0 Å². The number of fused-ring (bicyclic) bond motifs is 15. The number of aliphatic carboxylic acids is 1. The fourth-order valence-electron chi connectivity index (χ4n) is 13.1. The number of halogens is 1. The van der Waals surface area contributed by atoms with Crippen LogP contribution in [0, 0.1) is 0 Å². The van der Waals surface area contributed by atoms with Crippen molar-refractivity contribution in [2.75, 3.05) is 6.61 Å². The van der Waals surface area contributed by atoms with Crippen molar-refractivity contribution in [3.05, 3.63) is 118 Å². The van der Waals surface area contributed by atoms with Gasteiger partial charge in [0.25, 0.3) is 0 Å². The molecule has 8 heterocycles. The minimum atomic E-state index is -2.37. The van der Waals surface area contributed by atoms with E-state index in [-0.39, 0.29) is 46.1 Å². The Hall–Kier alpha value is -9.61. The number of nitrogens with two attached hydrogens (primary N) is 2. The second kappa shape index (κ2) is 30.8. The maximum absolute atomic E-state index is 16.2. The number of ether oxygens (including phenoxy) is 8. The van der Waals surface area contributed by atoms with Gasteiger partial charge < -0.3 is 143 Å². The van der Waals surface area contributed by atoms with Crippen LogP contribution in [0.15, 0.2) is 84.9 Å². The van der Waals surface area contributed by atoms with E-state index in [2.05, 4.69) is 31.9 Å². The van der Waals surface area contributed by atoms with E-state index in [1.807, 2.05) is 0 Å². The van der Waals surface area contributed by atoms with Crippen LogP contribution in [0.4, 0.5) is 0 Å². The first-order valence-electron chi connectivity index (χ1n) is 32.9. The zero-order chi connectivity index (χ0) is 76.1. The highest BCUT2D eigenvalue weighted by molar-refractivity contribution is 6.32. The Bertz CT molecular complexity index is 4190. The lowest BCUT2D eigenvalue weighted by atomic mass is 9.86. The van der Waals surface area contributed by atoms with Gasteiger partial charge in [0, 0.05) is 41.1 Å². The van der Waals surface area contributed by atoms with Gasteiger partial charge in [0.1, 0.15) is 108 Å². The van der Waals surface area contributed by atoms with E-state index >= 15 is 19.2 Å². The standard InChI is InChI=1S/C68H77ClN8O28/c1-5-42(83)73-48-51(85)27-9-13-37(33(69)15-27)101-39-17-28-16-38(57(39)104-67-58(54(88)52(86)40(22-78)102-67)105-66-55(89)53(87)50(84)23(2)99-66)100-30-10-6-25(7-11-30)56(103-43-21-68(4,71)59(90)24(3)98-43)49-64(95)76-47(65(96)97)32-18-29(79)19-36(81)44(32)31-14-26(8-12-35(31)80)45(61(92)77-49)75-62(93)46(28)74-60(91)34(20-41(70)82)72-63(48)94/h6-19,23-24,34,40,43,45-56,58-59,66-67,78-81,84-90H,5,20-22,71H2,1-4H3,(H2,70,82)(H,72,94)(H,73,83)(H,74,91)(H,75,93)(H,76,95)(H,77,92)(H,96,97)/t23-,24-,34-,40+,43-,45+,46+,47-,48+,49-,50-,51+,52+,53+,54-,55+,56+,58+,59-,66-,67-,68-/m0/s1. The highest BCUT2D eigenvalue weighted by Gasteiger charge is 2.53. The molecule has 5 aromatic rings. The van der Waals surface area contributed by atoms with Crippen molar-refractivity contribution < 1.29 is 138 Å². The molecule has 11 bridgehead atoms. The normalized spacial score (nSPS) is 32.8. The average molecular weight is 1490 g/mol. The van der Waals surface area contributed by atoms with Crippen LogP contribution in [0.5, 0.6) is 46.0 Å². The molecule has 0 radical (unpaired) electrons. The molecular formula is C68H77ClN8O28. The molecule has 105 heavy (non-hydrogen) atoms. The van der Waals surface area contributed by atoms with Crippen molar-refractivity contribution >= 4 is 58.9 Å². The molecule has 3 fully saturated rings. The molecule has 36 nitrogen and oxygen atoms in total. The summed E-state index contributed by atoms with van der Waals surface area (Å²) in [5, 5.41) is 149. The Morgan fingerprint density at radius 2 is 1.31 bits per heavy atom. The summed E-state index contributed by atoms with van der Waals surface area (Å²) in [5.41, 5.74) is 8.15. The summed E-state index contributed by atoms with van der Waals surface area (Å²) < 4.78 is 50.5. The predicted octanol–water partition coefficient (Wildman–Crippen LogP) is -1.92. The van der Waals surface area contributed by atoms with Gasteiger partial charge >= 0.3 is 5.97 Å². The Morgan fingerprint density at radius 3 is 1.97 bits per heavy atom. The second-order valence-corrected chi connectivity index (χ2v) is 26.7. The maximum atomic E-state index is 16.2. The van der Waals surface area contributed by atoms with E-state index < -0.39 is 251 Å². The molecule has 564 valence electrons. The van der Waals surface area contributed by atoms with Crippen LogP contribution in [0.3, 0.4) is 0 Å². The molecule has 8 aliphatic heterocycles. The van der Waals surface area contributed by atoms with Crippen LogP contribution in [0.2, 0.25) is 5.02 Å². The molecule has 13 rings (SSSR count). The minimum Gasteiger partial charge on any atom is -0.508 e. The van der Waals surface area contributed by atoms with Gasteiger partial charge in [-0.1, -0.05) is 42.8 Å². The summed E-state index contributed by atoms with van der Waals surface area (Å²) in [6.45, 7) is 4.62. The molecule has 0 aromatic heterocycles. The van der Waals surface area contributed by atoms with Crippen LogP contribution in [0.25, 0.3) is 11.1 Å². The predicted molar refractivity (Wildman–Crippen MR) is 353 cm³/mol. The van der Waals surface area contributed by atoms with Gasteiger partial charge in [-0.05, 0) is 97.6 Å². The summed E-state index contributed by atoms with van der Waals surface area (Å²) in [6, 6.07) is 1.97. The number of hydrogen-bond acceptors (Lipinski definition) is 28. The van der Waals surface area contributed by atoms with E-state index in [9.17, 15) is 80.5 Å². The van der Waals surface area contributed by atoms with E-state index in [0.717, 1.165) is 54.6 Å². The maximum Gasteiger partial charge on any atom is 0.330 e. The largest absolute Gasteiger partial charge is 0.508 e. The number of carbonyl (C=O) groups is 8. The van der Waals surface area contributed by atoms with E-state index in [0.29, 0.717) is 0 Å². The first-order valence-corrected chi connectivity index (χ1v) is 33.3. The molecule has 3 saturated heterocycles. The van der Waals surface area contributed by atoms with Crippen LogP contribution in [0.1, 0.15) is 105 Å². The van der Waals surface area contributed by atoms with Crippen molar-refractivity contribution in [1.82, 2.24) is 31.9 Å². The molecule has 7 amide bonds. The van der Waals surface area contributed by atoms with Crippen molar-refractivity contribution in [2.24, 2.45) is 11.5 Å². The van der Waals surface area contributed by atoms with Gasteiger partial charge in [0.15, 0.2) is 36.2 Å². The summed E-state index contributed by atoms with van der Waals surface area (Å²) in [5.74, 6) is -15.8. The fourth-order valence-corrected chi connectivity index (χ4v) is 13.3. The lowest BCUT2D eigenvalue weighted by Crippen LogP contribution is -2.64. The highest BCUT2D eigenvalue weighted by atomic mass is 35.5. The summed E-state index contributed by atoms with van der Waals surface area (Å²) in [7, 11) is 0. The number of aliphatic hydroxyl groups is 8. The van der Waals surface area contributed by atoms with E-state index in [1.54, 1.807) is 0 Å². The van der Waals surface area contributed by atoms with Gasteiger partial charge in [-0.3, -0.25) is 33.6 Å². The number of phenolic OH excluding ortho intramolecular Hbond substituents is 3. The highest BCUT2D eigenvalue weighted by Crippen LogP contribution is 2.49. The van der Waals surface area contributed by atoms with Gasteiger partial charge in [0.2, 0.25) is 53.4 Å². The number of benzene rings is 5. The number of carbonyl (C=O) groups excluding carboxylic acids is 7. The Kier molecular flexibility index (Phi) is 22.5. The third kappa shape index (κ3) is 15.9. The summed E-state index contributed by atoms with van der Waals surface area (Å²) >= 11 is 7.01. The molecule has 0 aliphatic carbocycles. The number of phenols is 3. The van der Waals surface area contributed by atoms with Crippen molar-refractivity contribution in [3.63, 3.8) is 0 Å². The summed E-state index contributed by atoms with van der Waals surface area (Å²) in [6.07, 6.45) is -28.6. The topological polar surface area (TPSA) is 577 Å². The zero-order valence-corrected chi connectivity index (χ0v) is 56.7. The third-order valence-electron chi connectivity index (χ3n) is 18.7. The van der Waals surface area contributed by atoms with Crippen molar-refractivity contribution in [3.8, 4) is 57.1 Å². The first-order chi connectivity index (χ1) is 49.6. The number of amides is 7. The second-order valence-electron chi connectivity index (χ2n) is 26.3. The van der Waals surface area contributed by atoms with E-state index in [1.165, 1.54) is 58.0 Å². The smallest absolute Gasteiger partial charge is 0.330 e. The van der Waals surface area contributed by atoms with Crippen LogP contribution in [-0.4, -0.2) is 219 Å². The van der Waals surface area contributed by atoms with Gasteiger partial charge in [-0.25, -0.2) is 4.79 Å². The Balaban J connectivity index is 1.19. The molecular weight excluding hydrogens is 1410 g/mol. The molecule has 37 heteroatoms. The molecule has 22 atom stereocenters. The monoisotopic (exact) mass is 1490 g/mol. The fraction of sp³-hybridized carbons (Fsp3) is 0.441. The number of hydrogen-bond donors (Lipinski definition) is 20. The average Bonchev–Trinajstić information content (AvgIpc) is 0.769. The third-order valence-corrected chi connectivity index (χ3v) is 19.0. The number of carboxylic acids is 1. The lowest BCUT2D eigenvalue weighted by molar-refractivity contribution is -0.354. The number of carboxylic acid groups (broad SMARTS) is 1. The quantitative estimate of drug-likeness (QED) is 0.0647. The van der Waals surface area contributed by atoms with Crippen LogP contribution < -0.4 is 57.6 Å². The lowest BCUT2D eigenvalue weighted by Gasteiger charge is -2.45. The van der Waals surface area contributed by atoms with Crippen molar-refractivity contribution in [1.29, 1.82) is 0 Å². The number of primary amides is 1. The molecule has 22 N–H and O–H groups in total. The van der Waals surface area contributed by atoms with Gasteiger partial charge in [-0.2, -0.15) is 0 Å². The Labute approximate surface area is 600 Å². The molecule has 0 unspecified atom stereocenters. The summed E-state index contributed by atoms with van der Waals surface area (Å²) in [4.78, 5) is 117.